The molecule has 1 N–H and O–H groups in total. The van der Waals surface area contributed by atoms with Gasteiger partial charge in [-0.15, -0.1) is 0 Å². The number of halogens is 4. The maximum Gasteiger partial charge on any atom is 0.418 e. The number of nitrogens with zero attached hydrogens (tertiary/aromatic N) is 2. The average molecular weight is 505 g/mol. The number of carbonyl (C=O) groups is 1. The highest BCUT2D eigenvalue weighted by atomic mass is 32.2. The first-order chi connectivity index (χ1) is 15.6. The lowest BCUT2D eigenvalue weighted by atomic mass is 10.1. The highest BCUT2D eigenvalue weighted by Crippen LogP contribution is 2.38. The summed E-state index contributed by atoms with van der Waals surface area (Å²) in [5.41, 5.74) is -2.93. The van der Waals surface area contributed by atoms with Crippen LogP contribution in [0.25, 0.3) is 0 Å². The molecular weight excluding hydrogens is 480 g/mol. The minimum Gasteiger partial charge on any atom is -0.478 e. The van der Waals surface area contributed by atoms with E-state index in [1.807, 2.05) is 0 Å². The largest absolute Gasteiger partial charge is 0.478 e. The zero-order valence-corrected chi connectivity index (χ0v) is 19.5. The second-order valence-corrected chi connectivity index (χ2v) is 10.4. The summed E-state index contributed by atoms with van der Waals surface area (Å²) in [6, 6.07) is 7.07. The highest BCUT2D eigenvalue weighted by Gasteiger charge is 2.39. The van der Waals surface area contributed by atoms with Gasteiger partial charge < -0.3 is 14.7 Å². The van der Waals surface area contributed by atoms with Crippen LogP contribution in [0, 0.1) is 5.82 Å². The number of carboxylic acids is 1. The quantitative estimate of drug-likeness (QED) is 0.599. The number of anilines is 1. The van der Waals surface area contributed by atoms with Crippen molar-refractivity contribution in [1.82, 2.24) is 4.31 Å². The number of alkyl halides is 3. The van der Waals surface area contributed by atoms with Crippen LogP contribution in [0.3, 0.4) is 0 Å². The Labute approximate surface area is 194 Å². The number of rotatable bonds is 6. The summed E-state index contributed by atoms with van der Waals surface area (Å²) in [5, 5.41) is 9.23. The third-order valence-corrected chi connectivity index (χ3v) is 7.48. The van der Waals surface area contributed by atoms with Crippen molar-refractivity contribution in [3.05, 3.63) is 53.8 Å². The molecule has 3 rings (SSSR count). The first-order valence-electron chi connectivity index (χ1n) is 10.3. The molecule has 1 aliphatic rings. The summed E-state index contributed by atoms with van der Waals surface area (Å²) in [4.78, 5) is 12.6. The molecule has 2 aromatic rings. The van der Waals surface area contributed by atoms with Gasteiger partial charge in [0.2, 0.25) is 10.0 Å². The van der Waals surface area contributed by atoms with Crippen molar-refractivity contribution in [3.8, 4) is 5.75 Å². The van der Waals surface area contributed by atoms with Gasteiger partial charge in [0, 0.05) is 37.4 Å². The van der Waals surface area contributed by atoms with Crippen LogP contribution >= 0.6 is 0 Å². The van der Waals surface area contributed by atoms with Gasteiger partial charge in [0.15, 0.2) is 5.60 Å². The zero-order valence-electron chi connectivity index (χ0n) is 18.6. The number of aliphatic carboxylic acids is 1. The van der Waals surface area contributed by atoms with Gasteiger partial charge in [0.25, 0.3) is 0 Å². The topological polar surface area (TPSA) is 87.2 Å². The Morgan fingerprint density at radius 2 is 1.79 bits per heavy atom. The Bertz CT molecular complexity index is 1180. The maximum atomic E-state index is 13.5. The summed E-state index contributed by atoms with van der Waals surface area (Å²) in [6.07, 6.45) is -4.77. The number of carboxylic acid groups (broad SMARTS) is 1. The summed E-state index contributed by atoms with van der Waals surface area (Å²) in [6.45, 7) is 4.01. The molecule has 186 valence electrons. The molecule has 1 heterocycles. The predicted octanol–water partition coefficient (Wildman–Crippen LogP) is 3.99. The Hall–Kier alpha value is -2.86. The monoisotopic (exact) mass is 504 g/mol. The fourth-order valence-electron chi connectivity index (χ4n) is 3.70. The lowest BCUT2D eigenvalue weighted by molar-refractivity contribution is -0.152. The van der Waals surface area contributed by atoms with E-state index in [9.17, 15) is 35.9 Å². The molecule has 2 aromatic carbocycles. The maximum absolute atomic E-state index is 13.5. The number of benzene rings is 2. The molecule has 34 heavy (non-hydrogen) atoms. The Morgan fingerprint density at radius 1 is 1.12 bits per heavy atom. The van der Waals surface area contributed by atoms with Crippen LogP contribution < -0.4 is 9.64 Å². The van der Waals surface area contributed by atoms with Crippen LogP contribution in [0.1, 0.15) is 26.3 Å². The van der Waals surface area contributed by atoms with E-state index in [-0.39, 0.29) is 36.0 Å². The van der Waals surface area contributed by atoms with E-state index in [1.54, 1.807) is 6.92 Å². The Kier molecular flexibility index (Phi) is 6.87. The van der Waals surface area contributed by atoms with Gasteiger partial charge in [-0.05, 0) is 51.1 Å². The summed E-state index contributed by atoms with van der Waals surface area (Å²) in [7, 11) is -4.06. The molecule has 7 nitrogen and oxygen atoms in total. The number of ether oxygens (including phenoxy) is 1. The molecule has 1 saturated heterocycles. The van der Waals surface area contributed by atoms with Gasteiger partial charge in [-0.25, -0.2) is 17.6 Å². The number of hydrogen-bond donors (Lipinski definition) is 1. The Balaban J connectivity index is 1.84. The lowest BCUT2D eigenvalue weighted by Crippen LogP contribution is -2.54. The van der Waals surface area contributed by atoms with Crippen molar-refractivity contribution in [2.45, 2.75) is 43.5 Å². The van der Waals surface area contributed by atoms with Gasteiger partial charge in [0.1, 0.15) is 11.6 Å². The molecule has 0 aliphatic carbocycles. The predicted molar refractivity (Wildman–Crippen MR) is 116 cm³/mol. The van der Waals surface area contributed by atoms with Gasteiger partial charge in [-0.3, -0.25) is 0 Å². The minimum atomic E-state index is -4.77. The second kappa shape index (κ2) is 9.06. The smallest absolute Gasteiger partial charge is 0.418 e. The molecule has 0 amide bonds. The molecule has 1 atom stereocenters. The van der Waals surface area contributed by atoms with Crippen LogP contribution in [0.2, 0.25) is 0 Å². The third-order valence-electron chi connectivity index (χ3n) is 5.47. The van der Waals surface area contributed by atoms with E-state index in [0.717, 1.165) is 12.1 Å². The van der Waals surface area contributed by atoms with Crippen LogP contribution in [0.15, 0.2) is 47.4 Å². The van der Waals surface area contributed by atoms with Crippen molar-refractivity contribution in [1.29, 1.82) is 0 Å². The highest BCUT2D eigenvalue weighted by molar-refractivity contribution is 7.89. The lowest BCUT2D eigenvalue weighted by Gasteiger charge is -2.40. The third kappa shape index (κ3) is 5.27. The zero-order chi connectivity index (χ0) is 25.5. The first-order valence-corrected chi connectivity index (χ1v) is 11.7. The van der Waals surface area contributed by atoms with Crippen LogP contribution in [0.4, 0.5) is 23.2 Å². The molecule has 0 bridgehead atoms. The van der Waals surface area contributed by atoms with E-state index in [1.165, 1.54) is 47.3 Å². The molecule has 0 saturated carbocycles. The SMILES string of the molecule is C[C@@H]1CN(c2ccc(F)cc2C(F)(F)F)CCN1S(=O)(=O)c1cccc(OC(C)(C)C(=O)O)c1. The van der Waals surface area contributed by atoms with Crippen molar-refractivity contribution < 1.29 is 40.6 Å². The van der Waals surface area contributed by atoms with E-state index >= 15 is 0 Å². The number of hydrogen-bond acceptors (Lipinski definition) is 5. The van der Waals surface area contributed by atoms with E-state index in [4.69, 9.17) is 4.74 Å². The van der Waals surface area contributed by atoms with Gasteiger partial charge in [-0.2, -0.15) is 17.5 Å². The van der Waals surface area contributed by atoms with Crippen molar-refractivity contribution >= 4 is 21.7 Å². The van der Waals surface area contributed by atoms with Crippen molar-refractivity contribution in [2.75, 3.05) is 24.5 Å². The second-order valence-electron chi connectivity index (χ2n) is 8.46. The molecule has 0 aromatic heterocycles. The Morgan fingerprint density at radius 3 is 2.38 bits per heavy atom. The molecule has 0 spiro atoms. The summed E-state index contributed by atoms with van der Waals surface area (Å²) < 4.78 is 86.9. The standard InChI is InChI=1S/C22H24F4N2O5S/c1-14-13-27(19-8-7-15(23)11-18(19)22(24,25)26)9-10-28(14)34(31,32)17-6-4-5-16(12-17)33-21(2,3)20(29)30/h4-8,11-12,14H,9-10,13H2,1-3H3,(H,29,30)/t14-/m1/s1. The molecule has 0 unspecified atom stereocenters. The van der Waals surface area contributed by atoms with Gasteiger partial charge >= 0.3 is 12.1 Å². The summed E-state index contributed by atoms with van der Waals surface area (Å²) in [5.74, 6) is -2.20. The minimum absolute atomic E-state index is 0.0412. The first kappa shape index (κ1) is 25.8. The number of piperazine rings is 1. The van der Waals surface area contributed by atoms with Gasteiger partial charge in [0.05, 0.1) is 10.5 Å². The van der Waals surface area contributed by atoms with Crippen LogP contribution in [-0.2, 0) is 21.0 Å². The molecular formula is C22H24F4N2O5S. The fraction of sp³-hybridized carbons (Fsp3) is 0.409. The summed E-state index contributed by atoms with van der Waals surface area (Å²) >= 11 is 0. The molecule has 0 radical (unpaired) electrons. The van der Waals surface area contributed by atoms with E-state index < -0.39 is 45.2 Å². The normalized spacial score (nSPS) is 18.1. The van der Waals surface area contributed by atoms with Crippen LogP contribution in [0.5, 0.6) is 5.75 Å². The number of sulfonamides is 1. The molecule has 1 aliphatic heterocycles. The van der Waals surface area contributed by atoms with Crippen molar-refractivity contribution in [2.24, 2.45) is 0 Å². The van der Waals surface area contributed by atoms with E-state index in [0.29, 0.717) is 6.07 Å². The average Bonchev–Trinajstić information content (AvgIpc) is 2.72. The van der Waals surface area contributed by atoms with Gasteiger partial charge in [-0.1, -0.05) is 6.07 Å². The van der Waals surface area contributed by atoms with Crippen molar-refractivity contribution in [3.63, 3.8) is 0 Å². The fourth-order valence-corrected chi connectivity index (χ4v) is 5.35. The van der Waals surface area contributed by atoms with E-state index in [2.05, 4.69) is 0 Å². The van der Waals surface area contributed by atoms with Crippen LogP contribution in [-0.4, -0.2) is 55.1 Å². The molecule has 12 heteroatoms. The molecule has 1 fully saturated rings.